The normalized spacial score (nSPS) is 10.8. The van der Waals surface area contributed by atoms with E-state index in [9.17, 15) is 9.59 Å². The highest BCUT2D eigenvalue weighted by Crippen LogP contribution is 2.23. The fraction of sp³-hybridized carbons (Fsp3) is 0.333. The maximum Gasteiger partial charge on any atom is 0.238 e. The monoisotopic (exact) mass is 431 g/mol. The van der Waals surface area contributed by atoms with E-state index in [0.717, 1.165) is 26.9 Å². The van der Waals surface area contributed by atoms with Gasteiger partial charge in [-0.15, -0.1) is 0 Å². The first-order valence-electron chi connectivity index (χ1n) is 8.78. The Labute approximate surface area is 169 Å². The van der Waals surface area contributed by atoms with Crippen molar-refractivity contribution >= 4 is 39.1 Å². The van der Waals surface area contributed by atoms with Crippen LogP contribution < -0.4 is 10.6 Å². The van der Waals surface area contributed by atoms with Crippen LogP contribution in [-0.2, 0) is 9.59 Å². The zero-order valence-corrected chi connectivity index (χ0v) is 18.0. The van der Waals surface area contributed by atoms with Gasteiger partial charge in [-0.2, -0.15) is 0 Å². The second-order valence-corrected chi connectivity index (χ2v) is 7.88. The van der Waals surface area contributed by atoms with E-state index >= 15 is 0 Å². The molecule has 0 aliphatic heterocycles. The average Bonchev–Trinajstić information content (AvgIpc) is 2.53. The zero-order chi connectivity index (χ0) is 20.1. The van der Waals surface area contributed by atoms with E-state index < -0.39 is 0 Å². The molecule has 0 bridgehead atoms. The number of nitrogens with one attached hydrogen (secondary N) is 2. The number of halogens is 1. The second kappa shape index (κ2) is 9.15. The van der Waals surface area contributed by atoms with E-state index in [1.165, 1.54) is 5.56 Å². The Morgan fingerprint density at radius 1 is 0.889 bits per heavy atom. The van der Waals surface area contributed by atoms with Gasteiger partial charge >= 0.3 is 0 Å². The summed E-state index contributed by atoms with van der Waals surface area (Å²) in [5, 5.41) is 5.81. The van der Waals surface area contributed by atoms with E-state index in [0.29, 0.717) is 5.69 Å². The molecule has 0 aliphatic rings. The molecule has 5 nitrogen and oxygen atoms in total. The molecule has 0 saturated heterocycles. The molecule has 0 radical (unpaired) electrons. The number of hydrogen-bond acceptors (Lipinski definition) is 3. The van der Waals surface area contributed by atoms with Crippen LogP contribution in [-0.4, -0.2) is 36.9 Å². The van der Waals surface area contributed by atoms with Gasteiger partial charge in [0.2, 0.25) is 11.8 Å². The van der Waals surface area contributed by atoms with Crippen LogP contribution in [0.2, 0.25) is 0 Å². The van der Waals surface area contributed by atoms with Crippen molar-refractivity contribution in [2.75, 3.05) is 30.8 Å². The number of aryl methyl sites for hydroxylation is 4. The fourth-order valence-corrected chi connectivity index (χ4v) is 3.61. The summed E-state index contributed by atoms with van der Waals surface area (Å²) in [6.45, 7) is 8.23. The van der Waals surface area contributed by atoms with Crippen LogP contribution in [0.3, 0.4) is 0 Å². The number of anilines is 2. The van der Waals surface area contributed by atoms with Crippen LogP contribution >= 0.6 is 15.9 Å². The maximum absolute atomic E-state index is 12.4. The van der Waals surface area contributed by atoms with E-state index in [4.69, 9.17) is 0 Å². The van der Waals surface area contributed by atoms with Gasteiger partial charge in [0, 0.05) is 10.2 Å². The number of nitrogens with zero attached hydrogens (tertiary/aromatic N) is 1. The minimum absolute atomic E-state index is 0.125. The molecule has 0 aliphatic carbocycles. The third-order valence-corrected chi connectivity index (χ3v) is 4.82. The van der Waals surface area contributed by atoms with Gasteiger partial charge in [0.25, 0.3) is 0 Å². The lowest BCUT2D eigenvalue weighted by Crippen LogP contribution is -2.36. The number of carbonyl (C=O) groups is 2. The number of carbonyl (C=O) groups excluding carboxylic acids is 2. The first-order valence-corrected chi connectivity index (χ1v) is 9.57. The number of rotatable bonds is 6. The van der Waals surface area contributed by atoms with Crippen LogP contribution in [0, 0.1) is 27.7 Å². The highest BCUT2D eigenvalue weighted by atomic mass is 79.9. The molecule has 0 spiro atoms. The Bertz CT molecular complexity index is 841. The molecular weight excluding hydrogens is 406 g/mol. The van der Waals surface area contributed by atoms with Gasteiger partial charge in [0.1, 0.15) is 0 Å². The largest absolute Gasteiger partial charge is 0.324 e. The van der Waals surface area contributed by atoms with Crippen molar-refractivity contribution in [3.05, 3.63) is 57.1 Å². The highest BCUT2D eigenvalue weighted by Gasteiger charge is 2.14. The van der Waals surface area contributed by atoms with Crippen LogP contribution in [0.1, 0.15) is 22.3 Å². The summed E-state index contributed by atoms with van der Waals surface area (Å²) in [6.07, 6.45) is 0. The molecule has 0 aromatic heterocycles. The summed E-state index contributed by atoms with van der Waals surface area (Å²) >= 11 is 3.45. The van der Waals surface area contributed by atoms with Crippen LogP contribution in [0.5, 0.6) is 0 Å². The first-order chi connectivity index (χ1) is 12.7. The number of benzene rings is 2. The van der Waals surface area contributed by atoms with Gasteiger partial charge in [0.05, 0.1) is 18.8 Å². The summed E-state index contributed by atoms with van der Waals surface area (Å²) in [5.74, 6) is -0.311. The van der Waals surface area contributed by atoms with E-state index in [-0.39, 0.29) is 24.9 Å². The lowest BCUT2D eigenvalue weighted by molar-refractivity contribution is -0.119. The van der Waals surface area contributed by atoms with Crippen LogP contribution in [0.15, 0.2) is 34.8 Å². The standard InChI is InChI=1S/C21H26BrN3O2/c1-13-6-7-18(17(22)10-13)23-19(26)11-25(5)12-20(27)24-21-15(3)8-14(2)9-16(21)4/h6-10H,11-12H2,1-5H3,(H,23,26)(H,24,27). The second-order valence-electron chi connectivity index (χ2n) is 7.03. The molecule has 2 rings (SSSR count). The summed E-state index contributed by atoms with van der Waals surface area (Å²) in [5.41, 5.74) is 5.90. The van der Waals surface area contributed by atoms with Crippen molar-refractivity contribution in [3.63, 3.8) is 0 Å². The molecule has 2 N–H and O–H groups in total. The molecule has 0 saturated carbocycles. The average molecular weight is 432 g/mol. The van der Waals surface area contributed by atoms with Crippen molar-refractivity contribution in [3.8, 4) is 0 Å². The Kier molecular flexibility index (Phi) is 7.16. The van der Waals surface area contributed by atoms with Crippen LogP contribution in [0.4, 0.5) is 11.4 Å². The highest BCUT2D eigenvalue weighted by molar-refractivity contribution is 9.10. The number of hydrogen-bond donors (Lipinski definition) is 2. The number of likely N-dealkylation sites (N-methyl/N-ethyl adjacent to an activating group) is 1. The topological polar surface area (TPSA) is 61.4 Å². The van der Waals surface area contributed by atoms with Gasteiger partial charge in [-0.1, -0.05) is 23.8 Å². The van der Waals surface area contributed by atoms with Crippen molar-refractivity contribution in [2.45, 2.75) is 27.7 Å². The minimum atomic E-state index is -0.169. The molecule has 144 valence electrons. The third kappa shape index (κ3) is 6.19. The quantitative estimate of drug-likeness (QED) is 0.720. The molecule has 2 aromatic rings. The Balaban J connectivity index is 1.90. The molecule has 6 heteroatoms. The Morgan fingerprint density at radius 3 is 2.00 bits per heavy atom. The van der Waals surface area contributed by atoms with Gasteiger partial charge in [-0.3, -0.25) is 14.5 Å². The van der Waals surface area contributed by atoms with Crippen molar-refractivity contribution in [1.29, 1.82) is 0 Å². The third-order valence-electron chi connectivity index (χ3n) is 4.17. The summed E-state index contributed by atoms with van der Waals surface area (Å²) in [4.78, 5) is 26.3. The molecule has 0 heterocycles. The summed E-state index contributed by atoms with van der Waals surface area (Å²) in [6, 6.07) is 9.81. The lowest BCUT2D eigenvalue weighted by Gasteiger charge is -2.18. The molecule has 27 heavy (non-hydrogen) atoms. The molecule has 0 unspecified atom stereocenters. The van der Waals surface area contributed by atoms with Crippen molar-refractivity contribution < 1.29 is 9.59 Å². The molecule has 0 fully saturated rings. The van der Waals surface area contributed by atoms with E-state index in [1.807, 2.05) is 58.0 Å². The molecule has 2 amide bonds. The minimum Gasteiger partial charge on any atom is -0.324 e. The van der Waals surface area contributed by atoms with Crippen LogP contribution in [0.25, 0.3) is 0 Å². The lowest BCUT2D eigenvalue weighted by atomic mass is 10.1. The van der Waals surface area contributed by atoms with E-state index in [2.05, 4.69) is 26.6 Å². The van der Waals surface area contributed by atoms with Crippen molar-refractivity contribution in [1.82, 2.24) is 4.90 Å². The predicted octanol–water partition coefficient (Wildman–Crippen LogP) is 4.19. The molecule has 0 atom stereocenters. The summed E-state index contributed by atoms with van der Waals surface area (Å²) in [7, 11) is 1.75. The Morgan fingerprint density at radius 2 is 1.44 bits per heavy atom. The van der Waals surface area contributed by atoms with Gasteiger partial charge < -0.3 is 10.6 Å². The summed E-state index contributed by atoms with van der Waals surface area (Å²) < 4.78 is 0.835. The Hall–Kier alpha value is -2.18. The molecule has 2 aromatic carbocycles. The van der Waals surface area contributed by atoms with E-state index in [1.54, 1.807) is 11.9 Å². The van der Waals surface area contributed by atoms with Gasteiger partial charge in [-0.05, 0) is 79.5 Å². The van der Waals surface area contributed by atoms with Gasteiger partial charge in [-0.25, -0.2) is 0 Å². The van der Waals surface area contributed by atoms with Gasteiger partial charge in [0.15, 0.2) is 0 Å². The smallest absolute Gasteiger partial charge is 0.238 e. The molecular formula is C21H26BrN3O2. The van der Waals surface area contributed by atoms with Crippen molar-refractivity contribution in [2.24, 2.45) is 0 Å². The maximum atomic E-state index is 12.4. The first kappa shape index (κ1) is 21.1. The SMILES string of the molecule is Cc1cc(C)c(NC(=O)CN(C)CC(=O)Nc2ccc(C)cc2Br)c(C)c1. The fourth-order valence-electron chi connectivity index (χ4n) is 3.01. The zero-order valence-electron chi connectivity index (χ0n) is 16.4. The number of amides is 2. The predicted molar refractivity (Wildman–Crippen MR) is 114 cm³/mol.